The number of para-hydroxylation sites is 1. The molecule has 3 rings (SSSR count). The summed E-state index contributed by atoms with van der Waals surface area (Å²) in [6.07, 6.45) is 0. The van der Waals surface area contributed by atoms with E-state index in [9.17, 15) is 4.79 Å². The first-order valence-corrected chi connectivity index (χ1v) is 8.76. The van der Waals surface area contributed by atoms with Gasteiger partial charge in [-0.05, 0) is 23.8 Å². The first kappa shape index (κ1) is 16.5. The van der Waals surface area contributed by atoms with Crippen molar-refractivity contribution in [2.45, 2.75) is 12.3 Å². The number of nitrogens with one attached hydrogen (secondary N) is 1. The molecule has 0 unspecified atom stereocenters. The van der Waals surface area contributed by atoms with Crippen molar-refractivity contribution in [3.8, 4) is 17.2 Å². The fourth-order valence-electron chi connectivity index (χ4n) is 2.39. The molecule has 1 heterocycles. The molecule has 0 aromatic heterocycles. The van der Waals surface area contributed by atoms with Gasteiger partial charge in [0.2, 0.25) is 12.7 Å². The first-order chi connectivity index (χ1) is 11.8. The van der Waals surface area contributed by atoms with Gasteiger partial charge in [0.25, 0.3) is 0 Å². The highest BCUT2D eigenvalue weighted by Gasteiger charge is 2.13. The van der Waals surface area contributed by atoms with Crippen molar-refractivity contribution < 1.29 is 19.0 Å². The normalized spacial score (nSPS) is 12.0. The summed E-state index contributed by atoms with van der Waals surface area (Å²) in [5.41, 5.74) is 2.08. The van der Waals surface area contributed by atoms with Crippen molar-refractivity contribution in [1.82, 2.24) is 5.32 Å². The van der Waals surface area contributed by atoms with Crippen LogP contribution in [0.15, 0.2) is 42.5 Å². The molecule has 1 aliphatic rings. The molecule has 5 nitrogen and oxygen atoms in total. The highest BCUT2D eigenvalue weighted by Crippen LogP contribution is 2.33. The van der Waals surface area contributed by atoms with Gasteiger partial charge < -0.3 is 19.5 Å². The van der Waals surface area contributed by atoms with Crippen molar-refractivity contribution in [3.63, 3.8) is 0 Å². The number of thioether (sulfide) groups is 1. The van der Waals surface area contributed by atoms with Gasteiger partial charge in [0, 0.05) is 17.9 Å². The van der Waals surface area contributed by atoms with Crippen LogP contribution in [0.2, 0.25) is 0 Å². The number of carbonyl (C=O) groups is 1. The molecule has 1 N–H and O–H groups in total. The van der Waals surface area contributed by atoms with E-state index in [-0.39, 0.29) is 12.7 Å². The maximum absolute atomic E-state index is 12.0. The molecule has 24 heavy (non-hydrogen) atoms. The van der Waals surface area contributed by atoms with Crippen LogP contribution in [0.5, 0.6) is 17.2 Å². The summed E-state index contributed by atoms with van der Waals surface area (Å²) >= 11 is 1.57. The number of fused-ring (bicyclic) bond motifs is 1. The minimum absolute atomic E-state index is 0.00616. The lowest BCUT2D eigenvalue weighted by atomic mass is 10.2. The van der Waals surface area contributed by atoms with Crippen LogP contribution < -0.4 is 19.5 Å². The Morgan fingerprint density at radius 1 is 1.21 bits per heavy atom. The van der Waals surface area contributed by atoms with E-state index in [1.54, 1.807) is 18.9 Å². The number of amides is 1. The molecule has 0 saturated carbocycles. The number of methoxy groups -OCH3 is 1. The minimum Gasteiger partial charge on any atom is -0.496 e. The first-order valence-electron chi connectivity index (χ1n) is 7.61. The number of rotatable bonds is 7. The molecule has 6 heteroatoms. The quantitative estimate of drug-likeness (QED) is 0.836. The van der Waals surface area contributed by atoms with Crippen LogP contribution in [-0.4, -0.2) is 25.6 Å². The van der Waals surface area contributed by atoms with E-state index in [0.29, 0.717) is 12.3 Å². The summed E-state index contributed by atoms with van der Waals surface area (Å²) < 4.78 is 15.9. The number of hydrogen-bond acceptors (Lipinski definition) is 5. The number of hydrogen-bond donors (Lipinski definition) is 1. The van der Waals surface area contributed by atoms with Gasteiger partial charge in [-0.2, -0.15) is 0 Å². The largest absolute Gasteiger partial charge is 0.496 e. The predicted molar refractivity (Wildman–Crippen MR) is 93.6 cm³/mol. The van der Waals surface area contributed by atoms with Crippen molar-refractivity contribution in [2.75, 3.05) is 19.7 Å². The van der Waals surface area contributed by atoms with E-state index in [2.05, 4.69) is 5.32 Å². The van der Waals surface area contributed by atoms with E-state index >= 15 is 0 Å². The third-order valence-electron chi connectivity index (χ3n) is 3.61. The second-order valence-corrected chi connectivity index (χ2v) is 6.25. The van der Waals surface area contributed by atoms with Crippen molar-refractivity contribution >= 4 is 17.7 Å². The van der Waals surface area contributed by atoms with Crippen molar-refractivity contribution in [1.29, 1.82) is 0 Å². The second kappa shape index (κ2) is 7.97. The Hall–Kier alpha value is -2.34. The summed E-state index contributed by atoms with van der Waals surface area (Å²) in [7, 11) is 1.63. The molecule has 0 atom stereocenters. The Balaban J connectivity index is 1.43. The van der Waals surface area contributed by atoms with Gasteiger partial charge in [0.1, 0.15) is 5.75 Å². The SMILES string of the molecule is COc1ccccc1CNC(=O)CSCc1ccc2c(c1)OCO2. The maximum Gasteiger partial charge on any atom is 0.231 e. The average molecular weight is 345 g/mol. The monoisotopic (exact) mass is 345 g/mol. The molecule has 0 saturated heterocycles. The van der Waals surface area contributed by atoms with Crippen LogP contribution >= 0.6 is 11.8 Å². The van der Waals surface area contributed by atoms with E-state index in [4.69, 9.17) is 14.2 Å². The molecule has 126 valence electrons. The zero-order chi connectivity index (χ0) is 16.8. The fraction of sp³-hybridized carbons (Fsp3) is 0.278. The average Bonchev–Trinajstić information content (AvgIpc) is 3.08. The van der Waals surface area contributed by atoms with Crippen LogP contribution in [0.1, 0.15) is 11.1 Å². The van der Waals surface area contributed by atoms with Gasteiger partial charge in [-0.1, -0.05) is 24.3 Å². The van der Waals surface area contributed by atoms with Crippen LogP contribution in [0.3, 0.4) is 0 Å². The summed E-state index contributed by atoms with van der Waals surface area (Å²) in [5, 5.41) is 2.92. The highest BCUT2D eigenvalue weighted by atomic mass is 32.2. The zero-order valence-electron chi connectivity index (χ0n) is 13.4. The lowest BCUT2D eigenvalue weighted by Gasteiger charge is -2.09. The van der Waals surface area contributed by atoms with Crippen LogP contribution in [0, 0.1) is 0 Å². The predicted octanol–water partition coefficient (Wildman–Crippen LogP) is 2.97. The smallest absolute Gasteiger partial charge is 0.231 e. The van der Waals surface area contributed by atoms with Gasteiger partial charge in [-0.25, -0.2) is 0 Å². The molecular formula is C18H19NO4S. The zero-order valence-corrected chi connectivity index (χ0v) is 14.2. The van der Waals surface area contributed by atoms with Crippen molar-refractivity contribution in [2.24, 2.45) is 0 Å². The van der Waals surface area contributed by atoms with Gasteiger partial charge in [0.15, 0.2) is 11.5 Å². The van der Waals surface area contributed by atoms with Crippen LogP contribution in [-0.2, 0) is 17.1 Å². The summed E-state index contributed by atoms with van der Waals surface area (Å²) in [4.78, 5) is 12.0. The molecule has 0 spiro atoms. The summed E-state index contributed by atoms with van der Waals surface area (Å²) in [6, 6.07) is 13.5. The van der Waals surface area contributed by atoms with E-state index in [1.165, 1.54) is 0 Å². The molecular weight excluding hydrogens is 326 g/mol. The molecule has 0 fully saturated rings. The number of carbonyl (C=O) groups excluding carboxylic acids is 1. The molecule has 1 aliphatic heterocycles. The van der Waals surface area contributed by atoms with Gasteiger partial charge >= 0.3 is 0 Å². The van der Waals surface area contributed by atoms with E-state index in [0.717, 1.165) is 34.1 Å². The molecule has 1 amide bonds. The number of ether oxygens (including phenoxy) is 3. The van der Waals surface area contributed by atoms with E-state index in [1.807, 2.05) is 42.5 Å². The molecule has 0 aliphatic carbocycles. The highest BCUT2D eigenvalue weighted by molar-refractivity contribution is 7.99. The molecule has 2 aromatic rings. The third-order valence-corrected chi connectivity index (χ3v) is 4.61. The topological polar surface area (TPSA) is 56.8 Å². The van der Waals surface area contributed by atoms with Gasteiger partial charge in [-0.15, -0.1) is 11.8 Å². The number of benzene rings is 2. The van der Waals surface area contributed by atoms with Crippen LogP contribution in [0.25, 0.3) is 0 Å². The van der Waals surface area contributed by atoms with E-state index < -0.39 is 0 Å². The molecule has 0 radical (unpaired) electrons. The minimum atomic E-state index is 0.00616. The maximum atomic E-state index is 12.0. The van der Waals surface area contributed by atoms with Gasteiger partial charge in [0.05, 0.1) is 12.9 Å². The summed E-state index contributed by atoms with van der Waals surface area (Å²) in [5.74, 6) is 3.49. The molecule has 0 bridgehead atoms. The Bertz CT molecular complexity index is 720. The summed E-state index contributed by atoms with van der Waals surface area (Å²) in [6.45, 7) is 0.741. The molecule has 2 aromatic carbocycles. The third kappa shape index (κ3) is 4.14. The van der Waals surface area contributed by atoms with Crippen molar-refractivity contribution in [3.05, 3.63) is 53.6 Å². The lowest BCUT2D eigenvalue weighted by Crippen LogP contribution is -2.24. The fourth-order valence-corrected chi connectivity index (χ4v) is 3.19. The Labute approximate surface area is 145 Å². The Morgan fingerprint density at radius 3 is 2.92 bits per heavy atom. The second-order valence-electron chi connectivity index (χ2n) is 5.27. The van der Waals surface area contributed by atoms with Gasteiger partial charge in [-0.3, -0.25) is 4.79 Å². The Morgan fingerprint density at radius 2 is 2.04 bits per heavy atom. The Kier molecular flexibility index (Phi) is 5.48. The lowest BCUT2D eigenvalue weighted by molar-refractivity contribution is -0.118. The standard InChI is InChI=1S/C18H19NO4S/c1-21-15-5-3-2-4-14(15)9-19-18(20)11-24-10-13-6-7-16-17(8-13)23-12-22-16/h2-8H,9-12H2,1H3,(H,19,20). The van der Waals surface area contributed by atoms with Crippen LogP contribution in [0.4, 0.5) is 0 Å².